The van der Waals surface area contributed by atoms with Gasteiger partial charge in [0.15, 0.2) is 0 Å². The first kappa shape index (κ1) is 12.3. The molecule has 0 aliphatic carbocycles. The monoisotopic (exact) mass is 226 g/mol. The van der Waals surface area contributed by atoms with E-state index in [4.69, 9.17) is 11.0 Å². The van der Waals surface area contributed by atoms with Gasteiger partial charge < -0.3 is 5.73 Å². The van der Waals surface area contributed by atoms with Crippen molar-refractivity contribution in [2.75, 3.05) is 5.73 Å². The number of alkyl halides is 2. The molecule has 86 valence electrons. The van der Waals surface area contributed by atoms with Gasteiger partial charge in [-0.3, -0.25) is 0 Å². The van der Waals surface area contributed by atoms with Crippen molar-refractivity contribution >= 4 is 5.95 Å². The summed E-state index contributed by atoms with van der Waals surface area (Å²) in [7, 11) is 0. The second-order valence-electron chi connectivity index (χ2n) is 4.35. The van der Waals surface area contributed by atoms with Crippen LogP contribution in [0.25, 0.3) is 0 Å². The molecule has 1 rings (SSSR count). The van der Waals surface area contributed by atoms with E-state index >= 15 is 0 Å². The summed E-state index contributed by atoms with van der Waals surface area (Å²) in [6.45, 7) is 5.31. The Morgan fingerprint density at radius 2 is 1.88 bits per heavy atom. The highest BCUT2D eigenvalue weighted by Crippen LogP contribution is 2.29. The molecular weight excluding hydrogens is 214 g/mol. The van der Waals surface area contributed by atoms with Crippen LogP contribution < -0.4 is 5.73 Å². The van der Waals surface area contributed by atoms with Crippen molar-refractivity contribution in [2.24, 2.45) is 0 Å². The lowest BCUT2D eigenvalue weighted by molar-refractivity contribution is 0.145. The summed E-state index contributed by atoms with van der Waals surface area (Å²) in [5.41, 5.74) is 4.28. The molecule has 6 heteroatoms. The van der Waals surface area contributed by atoms with E-state index in [0.717, 1.165) is 0 Å². The van der Waals surface area contributed by atoms with Crippen LogP contribution in [0.5, 0.6) is 0 Å². The molecule has 0 saturated heterocycles. The standard InChI is InChI=1S/C10H12F2N4/c1-10(2,3)7-5(4-13)6(8(11)12)15-9(14)16-7/h8H,1-3H3,(H2,14,15,16). The fourth-order valence-corrected chi connectivity index (χ4v) is 1.31. The summed E-state index contributed by atoms with van der Waals surface area (Å²) in [5, 5.41) is 8.90. The molecule has 16 heavy (non-hydrogen) atoms. The van der Waals surface area contributed by atoms with Crippen molar-refractivity contribution in [3.8, 4) is 6.07 Å². The van der Waals surface area contributed by atoms with Crippen LogP contribution in [0.2, 0.25) is 0 Å². The van der Waals surface area contributed by atoms with Crippen molar-refractivity contribution in [1.29, 1.82) is 5.26 Å². The number of halogens is 2. The molecule has 2 N–H and O–H groups in total. The quantitative estimate of drug-likeness (QED) is 0.796. The normalized spacial score (nSPS) is 11.6. The SMILES string of the molecule is CC(C)(C)c1nc(N)nc(C(F)F)c1C#N. The Morgan fingerprint density at radius 1 is 1.31 bits per heavy atom. The van der Waals surface area contributed by atoms with Crippen molar-refractivity contribution in [1.82, 2.24) is 9.97 Å². The predicted molar refractivity (Wildman–Crippen MR) is 54.8 cm³/mol. The Bertz CT molecular complexity index is 443. The van der Waals surface area contributed by atoms with Crippen LogP contribution in [0, 0.1) is 11.3 Å². The number of nitrogens with two attached hydrogens (primary N) is 1. The van der Waals surface area contributed by atoms with Gasteiger partial charge in [0.05, 0.1) is 5.69 Å². The molecule has 0 spiro atoms. The zero-order valence-electron chi connectivity index (χ0n) is 9.25. The lowest BCUT2D eigenvalue weighted by Crippen LogP contribution is -2.19. The molecule has 1 heterocycles. The van der Waals surface area contributed by atoms with Gasteiger partial charge >= 0.3 is 0 Å². The van der Waals surface area contributed by atoms with E-state index in [-0.39, 0.29) is 17.2 Å². The minimum absolute atomic E-state index is 0.184. The number of rotatable bonds is 1. The van der Waals surface area contributed by atoms with Crippen LogP contribution in [-0.4, -0.2) is 9.97 Å². The van der Waals surface area contributed by atoms with E-state index in [1.165, 1.54) is 0 Å². The van der Waals surface area contributed by atoms with Crippen molar-refractivity contribution in [3.05, 3.63) is 17.0 Å². The van der Waals surface area contributed by atoms with Gasteiger partial charge in [0.25, 0.3) is 6.43 Å². The van der Waals surface area contributed by atoms with E-state index in [9.17, 15) is 8.78 Å². The highest BCUT2D eigenvalue weighted by atomic mass is 19.3. The number of nitriles is 1. The third-order valence-electron chi connectivity index (χ3n) is 1.98. The van der Waals surface area contributed by atoms with E-state index < -0.39 is 17.5 Å². The van der Waals surface area contributed by atoms with E-state index in [1.807, 2.05) is 0 Å². The van der Waals surface area contributed by atoms with Gasteiger partial charge in [-0.25, -0.2) is 18.7 Å². The van der Waals surface area contributed by atoms with Crippen LogP contribution in [0.3, 0.4) is 0 Å². The molecule has 0 aliphatic rings. The first-order valence-corrected chi connectivity index (χ1v) is 4.63. The maximum absolute atomic E-state index is 12.7. The number of nitrogen functional groups attached to an aromatic ring is 1. The fourth-order valence-electron chi connectivity index (χ4n) is 1.31. The Labute approximate surface area is 92.1 Å². The van der Waals surface area contributed by atoms with Crippen LogP contribution in [0.1, 0.15) is 44.1 Å². The summed E-state index contributed by atoms with van der Waals surface area (Å²) < 4.78 is 25.3. The Balaban J connectivity index is 3.57. The summed E-state index contributed by atoms with van der Waals surface area (Å²) in [4.78, 5) is 7.28. The molecule has 1 aromatic rings. The molecule has 0 fully saturated rings. The Kier molecular flexibility index (Phi) is 3.08. The number of hydrogen-bond acceptors (Lipinski definition) is 4. The minimum atomic E-state index is -2.83. The van der Waals surface area contributed by atoms with Gasteiger partial charge in [-0.15, -0.1) is 0 Å². The summed E-state index contributed by atoms with van der Waals surface area (Å²) in [5.74, 6) is -0.237. The molecule has 0 aromatic carbocycles. The molecule has 0 unspecified atom stereocenters. The summed E-state index contributed by atoms with van der Waals surface area (Å²) in [6.07, 6.45) is -2.83. The van der Waals surface area contributed by atoms with Crippen molar-refractivity contribution in [2.45, 2.75) is 32.6 Å². The Hall–Kier alpha value is -1.77. The van der Waals surface area contributed by atoms with E-state index in [2.05, 4.69) is 9.97 Å². The fraction of sp³-hybridized carbons (Fsp3) is 0.500. The molecule has 0 saturated carbocycles. The van der Waals surface area contributed by atoms with E-state index in [1.54, 1.807) is 26.8 Å². The minimum Gasteiger partial charge on any atom is -0.368 e. The highest BCUT2D eigenvalue weighted by molar-refractivity contribution is 5.44. The second-order valence-corrected chi connectivity index (χ2v) is 4.35. The highest BCUT2D eigenvalue weighted by Gasteiger charge is 2.27. The Morgan fingerprint density at radius 3 is 2.25 bits per heavy atom. The van der Waals surface area contributed by atoms with Crippen molar-refractivity contribution < 1.29 is 8.78 Å². The van der Waals surface area contributed by atoms with Gasteiger partial charge in [0.2, 0.25) is 5.95 Å². The molecular formula is C10H12F2N4. The zero-order chi connectivity index (χ0) is 12.5. The lowest BCUT2D eigenvalue weighted by atomic mass is 9.88. The smallest absolute Gasteiger partial charge is 0.281 e. The van der Waals surface area contributed by atoms with Gasteiger partial charge in [0.1, 0.15) is 17.3 Å². The molecule has 0 bridgehead atoms. The number of nitrogens with zero attached hydrogens (tertiary/aromatic N) is 3. The van der Waals surface area contributed by atoms with Gasteiger partial charge in [-0.05, 0) is 0 Å². The first-order valence-electron chi connectivity index (χ1n) is 4.63. The van der Waals surface area contributed by atoms with Gasteiger partial charge in [-0.2, -0.15) is 5.26 Å². The third kappa shape index (κ3) is 2.24. The average molecular weight is 226 g/mol. The third-order valence-corrected chi connectivity index (χ3v) is 1.98. The summed E-state index contributed by atoms with van der Waals surface area (Å²) >= 11 is 0. The summed E-state index contributed by atoms with van der Waals surface area (Å²) in [6, 6.07) is 1.72. The zero-order valence-corrected chi connectivity index (χ0v) is 9.25. The van der Waals surface area contributed by atoms with Gasteiger partial charge in [0, 0.05) is 5.41 Å². The van der Waals surface area contributed by atoms with Crippen LogP contribution >= 0.6 is 0 Å². The number of anilines is 1. The van der Waals surface area contributed by atoms with Crippen LogP contribution in [-0.2, 0) is 5.41 Å². The number of aromatic nitrogens is 2. The van der Waals surface area contributed by atoms with Gasteiger partial charge in [-0.1, -0.05) is 20.8 Å². The van der Waals surface area contributed by atoms with Crippen LogP contribution in [0.4, 0.5) is 14.7 Å². The maximum Gasteiger partial charge on any atom is 0.281 e. The first-order chi connectivity index (χ1) is 7.27. The predicted octanol–water partition coefficient (Wildman–Crippen LogP) is 2.17. The van der Waals surface area contributed by atoms with E-state index in [0.29, 0.717) is 0 Å². The molecule has 4 nitrogen and oxygen atoms in total. The topological polar surface area (TPSA) is 75.6 Å². The van der Waals surface area contributed by atoms with Crippen LogP contribution in [0.15, 0.2) is 0 Å². The largest absolute Gasteiger partial charge is 0.368 e. The van der Waals surface area contributed by atoms with Crippen molar-refractivity contribution in [3.63, 3.8) is 0 Å². The second kappa shape index (κ2) is 4.00. The molecule has 0 aliphatic heterocycles. The molecule has 1 aromatic heterocycles. The maximum atomic E-state index is 12.7. The molecule has 0 atom stereocenters. The molecule has 0 amide bonds. The molecule has 0 radical (unpaired) electrons. The lowest BCUT2D eigenvalue weighted by Gasteiger charge is -2.20. The number of hydrogen-bond donors (Lipinski definition) is 1. The average Bonchev–Trinajstić information content (AvgIpc) is 2.14.